The van der Waals surface area contributed by atoms with Crippen molar-refractivity contribution in [3.05, 3.63) is 88.7 Å². The highest BCUT2D eigenvalue weighted by atomic mass is 35.5. The van der Waals surface area contributed by atoms with Crippen molar-refractivity contribution in [3.63, 3.8) is 0 Å². The highest BCUT2D eigenvalue weighted by Crippen LogP contribution is 2.29. The van der Waals surface area contributed by atoms with E-state index in [0.717, 1.165) is 11.1 Å². The monoisotopic (exact) mass is 409 g/mol. The lowest BCUT2D eigenvalue weighted by Crippen LogP contribution is -2.17. The Bertz CT molecular complexity index is 976. The molecule has 2 aromatic carbocycles. The molecule has 1 aromatic heterocycles. The van der Waals surface area contributed by atoms with Crippen molar-refractivity contribution in [2.75, 3.05) is 6.61 Å². The maximum absolute atomic E-state index is 12.0. The third-order valence-corrected chi connectivity index (χ3v) is 4.15. The first-order valence-corrected chi connectivity index (χ1v) is 9.41. The molecule has 0 fully saturated rings. The van der Waals surface area contributed by atoms with E-state index < -0.39 is 0 Å². The van der Waals surface area contributed by atoms with Crippen LogP contribution >= 0.6 is 11.6 Å². The van der Waals surface area contributed by atoms with Gasteiger partial charge >= 0.3 is 0 Å². The summed E-state index contributed by atoms with van der Waals surface area (Å²) in [6, 6.07) is 16.2. The van der Waals surface area contributed by atoms with Gasteiger partial charge in [-0.15, -0.1) is 0 Å². The molecule has 3 rings (SSSR count). The first-order valence-electron chi connectivity index (χ1n) is 9.03. The molecule has 29 heavy (non-hydrogen) atoms. The fourth-order valence-electron chi connectivity index (χ4n) is 2.47. The smallest absolute Gasteiger partial charge is 0.271 e. The molecule has 6 nitrogen and oxygen atoms in total. The number of pyridine rings is 1. The molecule has 1 amide bonds. The highest BCUT2D eigenvalue weighted by molar-refractivity contribution is 6.30. The second-order valence-electron chi connectivity index (χ2n) is 5.99. The van der Waals surface area contributed by atoms with Crippen LogP contribution in [0.15, 0.2) is 72.1 Å². The maximum atomic E-state index is 12.0. The Morgan fingerprint density at radius 3 is 2.55 bits per heavy atom. The van der Waals surface area contributed by atoms with E-state index >= 15 is 0 Å². The van der Waals surface area contributed by atoms with E-state index in [0.29, 0.717) is 35.3 Å². The average molecular weight is 410 g/mol. The van der Waals surface area contributed by atoms with E-state index in [-0.39, 0.29) is 5.91 Å². The summed E-state index contributed by atoms with van der Waals surface area (Å²) in [4.78, 5) is 15.9. The largest absolute Gasteiger partial charge is 0.490 e. The Balaban J connectivity index is 1.65. The van der Waals surface area contributed by atoms with Crippen LogP contribution in [0.2, 0.25) is 5.02 Å². The van der Waals surface area contributed by atoms with Gasteiger partial charge in [0, 0.05) is 23.0 Å². The van der Waals surface area contributed by atoms with Crippen molar-refractivity contribution in [2.24, 2.45) is 5.10 Å². The Morgan fingerprint density at radius 1 is 1.07 bits per heavy atom. The number of nitrogens with one attached hydrogen (secondary N) is 1. The van der Waals surface area contributed by atoms with Crippen LogP contribution in [0.4, 0.5) is 0 Å². The molecule has 0 aliphatic carbocycles. The molecular formula is C22H20ClN3O3. The van der Waals surface area contributed by atoms with Crippen LogP contribution in [0.3, 0.4) is 0 Å². The Kier molecular flexibility index (Phi) is 7.19. The number of rotatable bonds is 8. The number of ether oxygens (including phenoxy) is 2. The zero-order valence-corrected chi connectivity index (χ0v) is 16.6. The van der Waals surface area contributed by atoms with Gasteiger partial charge in [-0.05, 0) is 60.5 Å². The number of aromatic nitrogens is 1. The minimum atomic E-state index is -0.309. The lowest BCUT2D eigenvalue weighted by molar-refractivity contribution is 0.0955. The van der Waals surface area contributed by atoms with Gasteiger partial charge in [0.05, 0.1) is 12.8 Å². The van der Waals surface area contributed by atoms with Gasteiger partial charge in [0.25, 0.3) is 5.91 Å². The van der Waals surface area contributed by atoms with E-state index in [2.05, 4.69) is 15.5 Å². The predicted molar refractivity (Wildman–Crippen MR) is 113 cm³/mol. The number of amides is 1. The van der Waals surface area contributed by atoms with Crippen molar-refractivity contribution >= 4 is 23.7 Å². The van der Waals surface area contributed by atoms with Crippen molar-refractivity contribution in [1.29, 1.82) is 0 Å². The Morgan fingerprint density at radius 2 is 1.83 bits per heavy atom. The fraction of sp³-hybridized carbons (Fsp3) is 0.136. The van der Waals surface area contributed by atoms with Crippen molar-refractivity contribution < 1.29 is 14.3 Å². The van der Waals surface area contributed by atoms with E-state index in [1.165, 1.54) is 0 Å². The molecule has 0 spiro atoms. The molecule has 0 aliphatic heterocycles. The second kappa shape index (κ2) is 10.2. The summed E-state index contributed by atoms with van der Waals surface area (Å²) in [6.45, 7) is 2.79. The molecule has 0 aliphatic rings. The van der Waals surface area contributed by atoms with Gasteiger partial charge in [0.1, 0.15) is 6.61 Å². The number of nitrogens with zero attached hydrogens (tertiary/aromatic N) is 2. The number of benzene rings is 2. The lowest BCUT2D eigenvalue weighted by Gasteiger charge is -2.12. The maximum Gasteiger partial charge on any atom is 0.271 e. The molecule has 0 saturated heterocycles. The van der Waals surface area contributed by atoms with Gasteiger partial charge in [0.2, 0.25) is 0 Å². The number of hydrazone groups is 1. The van der Waals surface area contributed by atoms with Crippen molar-refractivity contribution in [2.45, 2.75) is 13.5 Å². The third-order valence-electron chi connectivity index (χ3n) is 3.90. The summed E-state index contributed by atoms with van der Waals surface area (Å²) in [5.74, 6) is 0.919. The summed E-state index contributed by atoms with van der Waals surface area (Å²) in [6.07, 6.45) is 4.65. The van der Waals surface area contributed by atoms with Gasteiger partial charge in [-0.2, -0.15) is 5.10 Å². The van der Waals surface area contributed by atoms with Gasteiger partial charge in [0.15, 0.2) is 11.5 Å². The first kappa shape index (κ1) is 20.4. The van der Waals surface area contributed by atoms with Crippen LogP contribution in [0.25, 0.3) is 0 Å². The quantitative estimate of drug-likeness (QED) is 0.440. The number of carbonyl (C=O) groups excluding carboxylic acids is 1. The average Bonchev–Trinajstić information content (AvgIpc) is 2.75. The van der Waals surface area contributed by atoms with E-state index in [1.54, 1.807) is 30.7 Å². The SMILES string of the molecule is CCOc1cc(/C=N\NC(=O)c2ccncc2)ccc1OCc1ccc(Cl)cc1. The van der Waals surface area contributed by atoms with Crippen LogP contribution in [0.5, 0.6) is 11.5 Å². The summed E-state index contributed by atoms with van der Waals surface area (Å²) in [5.41, 5.74) is 4.74. The molecule has 0 radical (unpaired) electrons. The van der Waals surface area contributed by atoms with Crippen molar-refractivity contribution in [1.82, 2.24) is 10.4 Å². The second-order valence-corrected chi connectivity index (χ2v) is 6.43. The van der Waals surface area contributed by atoms with E-state index in [1.807, 2.05) is 49.4 Å². The molecule has 148 valence electrons. The van der Waals surface area contributed by atoms with Crippen LogP contribution in [-0.4, -0.2) is 23.7 Å². The van der Waals surface area contributed by atoms with E-state index in [4.69, 9.17) is 21.1 Å². The molecule has 0 saturated carbocycles. The number of carbonyl (C=O) groups is 1. The molecule has 1 heterocycles. The summed E-state index contributed by atoms with van der Waals surface area (Å²) in [7, 11) is 0. The standard InChI is InChI=1S/C22H20ClN3O3/c1-2-28-21-13-17(14-25-26-22(27)18-9-11-24-12-10-18)5-8-20(21)29-15-16-3-6-19(23)7-4-16/h3-14H,2,15H2,1H3,(H,26,27)/b25-14-. The molecule has 0 bridgehead atoms. The van der Waals surface area contributed by atoms with Gasteiger partial charge in [-0.3, -0.25) is 9.78 Å². The minimum Gasteiger partial charge on any atom is -0.490 e. The first-order chi connectivity index (χ1) is 14.2. The van der Waals surface area contributed by atoms with Crippen LogP contribution in [-0.2, 0) is 6.61 Å². The summed E-state index contributed by atoms with van der Waals surface area (Å²) >= 11 is 5.91. The summed E-state index contributed by atoms with van der Waals surface area (Å²) < 4.78 is 11.6. The molecule has 7 heteroatoms. The highest BCUT2D eigenvalue weighted by Gasteiger charge is 2.07. The van der Waals surface area contributed by atoms with Crippen LogP contribution < -0.4 is 14.9 Å². The topological polar surface area (TPSA) is 72.8 Å². The number of halogens is 1. The Labute approximate surface area is 174 Å². The molecular weight excluding hydrogens is 390 g/mol. The Hall–Kier alpha value is -3.38. The third kappa shape index (κ3) is 6.05. The number of hydrogen-bond donors (Lipinski definition) is 1. The van der Waals surface area contributed by atoms with Gasteiger partial charge in [-0.1, -0.05) is 23.7 Å². The van der Waals surface area contributed by atoms with E-state index in [9.17, 15) is 4.79 Å². The number of hydrogen-bond acceptors (Lipinski definition) is 5. The van der Waals surface area contributed by atoms with Crippen LogP contribution in [0.1, 0.15) is 28.4 Å². The van der Waals surface area contributed by atoms with Crippen LogP contribution in [0, 0.1) is 0 Å². The predicted octanol–water partition coefficient (Wildman–Crippen LogP) is 4.48. The lowest BCUT2D eigenvalue weighted by atomic mass is 10.2. The molecule has 0 atom stereocenters. The van der Waals surface area contributed by atoms with Gasteiger partial charge < -0.3 is 9.47 Å². The fourth-order valence-corrected chi connectivity index (χ4v) is 2.59. The molecule has 1 N–H and O–H groups in total. The van der Waals surface area contributed by atoms with Crippen molar-refractivity contribution in [3.8, 4) is 11.5 Å². The zero-order valence-electron chi connectivity index (χ0n) is 15.8. The summed E-state index contributed by atoms with van der Waals surface area (Å²) in [5, 5.41) is 4.68. The normalized spacial score (nSPS) is 10.7. The minimum absolute atomic E-state index is 0.309. The molecule has 0 unspecified atom stereocenters. The van der Waals surface area contributed by atoms with Gasteiger partial charge in [-0.25, -0.2) is 5.43 Å². The molecule has 3 aromatic rings. The zero-order chi connectivity index (χ0) is 20.5.